The lowest BCUT2D eigenvalue weighted by molar-refractivity contribution is 0.0980. The van der Waals surface area contributed by atoms with Gasteiger partial charge in [-0.15, -0.1) is 0 Å². The van der Waals surface area contributed by atoms with Crippen molar-refractivity contribution in [2.45, 2.75) is 12.8 Å². The highest BCUT2D eigenvalue weighted by Gasteiger charge is 2.07. The molecule has 3 nitrogen and oxygen atoms in total. The van der Waals surface area contributed by atoms with Gasteiger partial charge in [-0.2, -0.15) is 0 Å². The molecule has 0 N–H and O–H groups in total. The molecule has 14 heavy (non-hydrogen) atoms. The van der Waals surface area contributed by atoms with E-state index in [0.29, 0.717) is 18.4 Å². The van der Waals surface area contributed by atoms with Crippen LogP contribution >= 0.6 is 0 Å². The maximum absolute atomic E-state index is 11.5. The molecule has 0 spiro atoms. The lowest BCUT2D eigenvalue weighted by Gasteiger charge is -1.94. The Morgan fingerprint density at radius 1 is 1.29 bits per heavy atom. The van der Waals surface area contributed by atoms with Gasteiger partial charge in [-0.3, -0.25) is 4.79 Å². The highest BCUT2D eigenvalue weighted by Crippen LogP contribution is 2.09. The van der Waals surface area contributed by atoms with Crippen LogP contribution in [-0.2, 0) is 6.42 Å². The molecule has 0 bridgehead atoms. The number of carbonyl (C=O) groups excluding carboxylic acids is 1. The Labute approximate surface area is 81.3 Å². The molecule has 2 rings (SSSR count). The summed E-state index contributed by atoms with van der Waals surface area (Å²) >= 11 is 0. The zero-order valence-electron chi connectivity index (χ0n) is 7.60. The average Bonchev–Trinajstić information content (AvgIpc) is 2.87. The van der Waals surface area contributed by atoms with Crippen molar-refractivity contribution in [2.75, 3.05) is 0 Å². The number of hydrogen-bond acceptors (Lipinski definition) is 3. The molecule has 3 heteroatoms. The first kappa shape index (κ1) is 8.81. The molecule has 0 saturated carbocycles. The van der Waals surface area contributed by atoms with Crippen LogP contribution < -0.4 is 0 Å². The van der Waals surface area contributed by atoms with Gasteiger partial charge in [0.25, 0.3) is 0 Å². The third kappa shape index (κ3) is 1.93. The van der Waals surface area contributed by atoms with Gasteiger partial charge in [-0.05, 0) is 18.2 Å². The minimum absolute atomic E-state index is 0.0788. The van der Waals surface area contributed by atoms with Crippen LogP contribution in [0.2, 0.25) is 0 Å². The van der Waals surface area contributed by atoms with Crippen LogP contribution in [0.25, 0.3) is 0 Å². The van der Waals surface area contributed by atoms with Gasteiger partial charge in [0.1, 0.15) is 12.0 Å². The Balaban J connectivity index is 1.90. The molecule has 0 saturated heterocycles. The minimum Gasteiger partial charge on any atom is -0.472 e. The Bertz CT molecular complexity index is 384. The van der Waals surface area contributed by atoms with E-state index in [2.05, 4.69) is 0 Å². The molecule has 2 heterocycles. The molecule has 0 fully saturated rings. The minimum atomic E-state index is 0.0788. The van der Waals surface area contributed by atoms with Gasteiger partial charge in [-0.25, -0.2) is 0 Å². The first-order valence-electron chi connectivity index (χ1n) is 4.44. The number of rotatable bonds is 4. The van der Waals surface area contributed by atoms with Crippen molar-refractivity contribution in [3.8, 4) is 0 Å². The van der Waals surface area contributed by atoms with Crippen LogP contribution in [0.15, 0.2) is 45.8 Å². The smallest absolute Gasteiger partial charge is 0.166 e. The van der Waals surface area contributed by atoms with Gasteiger partial charge in [0.15, 0.2) is 5.78 Å². The summed E-state index contributed by atoms with van der Waals surface area (Å²) in [6, 6.07) is 5.35. The highest BCUT2D eigenvalue weighted by atomic mass is 16.3. The van der Waals surface area contributed by atoms with E-state index in [4.69, 9.17) is 8.83 Å². The predicted molar refractivity (Wildman–Crippen MR) is 50.1 cm³/mol. The zero-order chi connectivity index (χ0) is 9.80. The number of furan rings is 2. The van der Waals surface area contributed by atoms with E-state index in [9.17, 15) is 4.79 Å². The number of aryl methyl sites for hydroxylation is 1. The summed E-state index contributed by atoms with van der Waals surface area (Å²) in [5, 5.41) is 0. The standard InChI is InChI=1S/C11H10O3/c12-11(9-5-7-13-8-9)4-3-10-2-1-6-14-10/h1-2,5-8H,3-4H2. The van der Waals surface area contributed by atoms with E-state index in [1.165, 1.54) is 12.5 Å². The molecular formula is C11H10O3. The van der Waals surface area contributed by atoms with Crippen molar-refractivity contribution in [3.63, 3.8) is 0 Å². The Kier molecular flexibility index (Phi) is 2.49. The van der Waals surface area contributed by atoms with Crippen molar-refractivity contribution in [2.24, 2.45) is 0 Å². The van der Waals surface area contributed by atoms with Gasteiger partial charge in [0.05, 0.1) is 18.1 Å². The average molecular weight is 190 g/mol. The SMILES string of the molecule is O=C(CCc1ccco1)c1ccoc1. The monoisotopic (exact) mass is 190 g/mol. The summed E-state index contributed by atoms with van der Waals surface area (Å²) in [6.45, 7) is 0. The number of carbonyl (C=O) groups is 1. The second-order valence-electron chi connectivity index (χ2n) is 3.01. The largest absolute Gasteiger partial charge is 0.472 e. The lowest BCUT2D eigenvalue weighted by atomic mass is 10.1. The molecule has 0 unspecified atom stereocenters. The van der Waals surface area contributed by atoms with Crippen molar-refractivity contribution in [1.82, 2.24) is 0 Å². The molecule has 2 aromatic heterocycles. The fraction of sp³-hybridized carbons (Fsp3) is 0.182. The zero-order valence-corrected chi connectivity index (χ0v) is 7.60. The second-order valence-corrected chi connectivity index (χ2v) is 3.01. The summed E-state index contributed by atoms with van der Waals surface area (Å²) in [6.07, 6.45) is 5.66. The molecule has 0 amide bonds. The van der Waals surface area contributed by atoms with Crippen molar-refractivity contribution < 1.29 is 13.6 Å². The maximum Gasteiger partial charge on any atom is 0.166 e. The van der Waals surface area contributed by atoms with E-state index in [0.717, 1.165) is 5.76 Å². The Morgan fingerprint density at radius 3 is 2.86 bits per heavy atom. The molecule has 0 aliphatic carbocycles. The van der Waals surface area contributed by atoms with E-state index in [1.54, 1.807) is 12.3 Å². The number of hydrogen-bond donors (Lipinski definition) is 0. The Hall–Kier alpha value is -1.77. The molecule has 0 aliphatic rings. The van der Waals surface area contributed by atoms with Crippen molar-refractivity contribution in [1.29, 1.82) is 0 Å². The molecule has 0 aromatic carbocycles. The second kappa shape index (κ2) is 3.96. The van der Waals surface area contributed by atoms with Crippen LogP contribution in [0, 0.1) is 0 Å². The van der Waals surface area contributed by atoms with Gasteiger partial charge in [0, 0.05) is 12.8 Å². The van der Waals surface area contributed by atoms with E-state index in [1.807, 2.05) is 12.1 Å². The molecule has 0 atom stereocenters. The molecule has 0 aliphatic heterocycles. The predicted octanol–water partition coefficient (Wildman–Crippen LogP) is 2.69. The topological polar surface area (TPSA) is 43.4 Å². The highest BCUT2D eigenvalue weighted by molar-refractivity contribution is 5.95. The number of ketones is 1. The fourth-order valence-corrected chi connectivity index (χ4v) is 1.26. The van der Waals surface area contributed by atoms with Crippen LogP contribution in [0.5, 0.6) is 0 Å². The summed E-state index contributed by atoms with van der Waals surface area (Å²) in [7, 11) is 0. The third-order valence-electron chi connectivity index (χ3n) is 2.02. The van der Waals surface area contributed by atoms with E-state index >= 15 is 0 Å². The van der Waals surface area contributed by atoms with Crippen molar-refractivity contribution in [3.05, 3.63) is 48.3 Å². The van der Waals surface area contributed by atoms with Crippen molar-refractivity contribution >= 4 is 5.78 Å². The molecular weight excluding hydrogens is 180 g/mol. The number of Topliss-reactive ketones (excluding diaryl/α,β-unsaturated/α-hetero) is 1. The summed E-state index contributed by atoms with van der Waals surface area (Å²) in [5.74, 6) is 0.914. The fourth-order valence-electron chi connectivity index (χ4n) is 1.26. The molecule has 2 aromatic rings. The van der Waals surface area contributed by atoms with Gasteiger partial charge < -0.3 is 8.83 Å². The molecule has 72 valence electrons. The summed E-state index contributed by atoms with van der Waals surface area (Å²) in [4.78, 5) is 11.5. The van der Waals surface area contributed by atoms with Crippen LogP contribution in [0.1, 0.15) is 22.5 Å². The third-order valence-corrected chi connectivity index (χ3v) is 2.02. The summed E-state index contributed by atoms with van der Waals surface area (Å²) < 4.78 is 9.95. The van der Waals surface area contributed by atoms with Gasteiger partial charge >= 0.3 is 0 Å². The Morgan fingerprint density at radius 2 is 2.21 bits per heavy atom. The van der Waals surface area contributed by atoms with Crippen LogP contribution in [0.3, 0.4) is 0 Å². The molecule has 0 radical (unpaired) electrons. The van der Waals surface area contributed by atoms with Crippen LogP contribution in [0.4, 0.5) is 0 Å². The first-order valence-corrected chi connectivity index (χ1v) is 4.44. The maximum atomic E-state index is 11.5. The van der Waals surface area contributed by atoms with Gasteiger partial charge in [-0.1, -0.05) is 0 Å². The normalized spacial score (nSPS) is 10.3. The van der Waals surface area contributed by atoms with E-state index in [-0.39, 0.29) is 5.78 Å². The first-order chi connectivity index (χ1) is 6.86. The van der Waals surface area contributed by atoms with E-state index < -0.39 is 0 Å². The van der Waals surface area contributed by atoms with Crippen LogP contribution in [-0.4, -0.2) is 5.78 Å². The summed E-state index contributed by atoms with van der Waals surface area (Å²) in [5.41, 5.74) is 0.622. The lowest BCUT2D eigenvalue weighted by Crippen LogP contribution is -1.98. The quantitative estimate of drug-likeness (QED) is 0.696. The van der Waals surface area contributed by atoms with Gasteiger partial charge in [0.2, 0.25) is 0 Å².